The number of aliphatic imine (C=N–C) groups is 1. The van der Waals surface area contributed by atoms with Crippen LogP contribution in [-0.4, -0.2) is 47.4 Å². The van der Waals surface area contributed by atoms with Crippen LogP contribution in [0.5, 0.6) is 0 Å². The Kier molecular flexibility index (Phi) is 7.64. The van der Waals surface area contributed by atoms with Gasteiger partial charge in [-0.2, -0.15) is 16.9 Å². The van der Waals surface area contributed by atoms with Crippen LogP contribution in [0.3, 0.4) is 0 Å². The standard InChI is InChI=1S/C15H29N5S/c1-11(10-14-12(2)19-20(5)13(14)3)18-15(16-4)17-8-7-9-21-6/h11H,7-10H2,1-6H3,(H2,16,17,18). The molecule has 120 valence electrons. The van der Waals surface area contributed by atoms with Crippen LogP contribution in [0.1, 0.15) is 30.3 Å². The Morgan fingerprint density at radius 2 is 2.14 bits per heavy atom. The number of rotatable bonds is 7. The van der Waals surface area contributed by atoms with Crippen molar-refractivity contribution >= 4 is 17.7 Å². The number of hydrogen-bond acceptors (Lipinski definition) is 3. The molecule has 1 rings (SSSR count). The molecule has 0 amide bonds. The van der Waals surface area contributed by atoms with Gasteiger partial charge in [-0.15, -0.1) is 0 Å². The minimum absolute atomic E-state index is 0.318. The van der Waals surface area contributed by atoms with Crippen LogP contribution in [0.15, 0.2) is 4.99 Å². The number of aromatic nitrogens is 2. The van der Waals surface area contributed by atoms with Crippen LogP contribution in [0, 0.1) is 13.8 Å². The van der Waals surface area contributed by atoms with Crippen molar-refractivity contribution in [3.63, 3.8) is 0 Å². The summed E-state index contributed by atoms with van der Waals surface area (Å²) in [6.45, 7) is 7.33. The second kappa shape index (κ2) is 8.97. The van der Waals surface area contributed by atoms with Crippen LogP contribution in [0.2, 0.25) is 0 Å². The smallest absolute Gasteiger partial charge is 0.191 e. The Hall–Kier alpha value is -1.17. The van der Waals surface area contributed by atoms with Crippen molar-refractivity contribution in [2.45, 2.75) is 39.7 Å². The van der Waals surface area contributed by atoms with Gasteiger partial charge in [-0.05, 0) is 51.2 Å². The largest absolute Gasteiger partial charge is 0.356 e. The first-order chi connectivity index (χ1) is 9.99. The highest BCUT2D eigenvalue weighted by Crippen LogP contribution is 2.14. The third kappa shape index (κ3) is 5.61. The van der Waals surface area contributed by atoms with Gasteiger partial charge in [0, 0.05) is 32.4 Å². The third-order valence-corrected chi connectivity index (χ3v) is 4.29. The maximum atomic E-state index is 4.47. The van der Waals surface area contributed by atoms with E-state index in [1.807, 2.05) is 30.5 Å². The normalized spacial score (nSPS) is 13.3. The van der Waals surface area contributed by atoms with Gasteiger partial charge in [0.25, 0.3) is 0 Å². The van der Waals surface area contributed by atoms with E-state index in [-0.39, 0.29) is 0 Å². The summed E-state index contributed by atoms with van der Waals surface area (Å²) in [4.78, 5) is 4.28. The van der Waals surface area contributed by atoms with Crippen molar-refractivity contribution in [2.75, 3.05) is 25.6 Å². The van der Waals surface area contributed by atoms with Gasteiger partial charge in [0.15, 0.2) is 5.96 Å². The fourth-order valence-corrected chi connectivity index (χ4v) is 2.75. The highest BCUT2D eigenvalue weighted by molar-refractivity contribution is 7.98. The average Bonchev–Trinajstić information content (AvgIpc) is 2.68. The summed E-state index contributed by atoms with van der Waals surface area (Å²) in [5.74, 6) is 2.05. The van der Waals surface area contributed by atoms with E-state index < -0.39 is 0 Å². The molecule has 5 nitrogen and oxygen atoms in total. The highest BCUT2D eigenvalue weighted by atomic mass is 32.2. The molecule has 1 heterocycles. The van der Waals surface area contributed by atoms with Crippen molar-refractivity contribution < 1.29 is 0 Å². The van der Waals surface area contributed by atoms with Crippen LogP contribution in [0.4, 0.5) is 0 Å². The van der Waals surface area contributed by atoms with E-state index >= 15 is 0 Å². The minimum Gasteiger partial charge on any atom is -0.356 e. The summed E-state index contributed by atoms with van der Waals surface area (Å²) < 4.78 is 1.95. The number of aryl methyl sites for hydroxylation is 2. The van der Waals surface area contributed by atoms with Gasteiger partial charge < -0.3 is 10.6 Å². The van der Waals surface area contributed by atoms with Gasteiger partial charge in [0.05, 0.1) is 5.69 Å². The maximum absolute atomic E-state index is 4.47. The number of guanidine groups is 1. The van der Waals surface area contributed by atoms with Gasteiger partial charge in [0.2, 0.25) is 0 Å². The van der Waals surface area contributed by atoms with Crippen LogP contribution < -0.4 is 10.6 Å². The van der Waals surface area contributed by atoms with E-state index in [4.69, 9.17) is 0 Å². The molecular weight excluding hydrogens is 282 g/mol. The monoisotopic (exact) mass is 311 g/mol. The molecule has 0 saturated carbocycles. The van der Waals surface area contributed by atoms with Gasteiger partial charge in [0.1, 0.15) is 0 Å². The first kappa shape index (κ1) is 17.9. The molecule has 0 radical (unpaired) electrons. The Labute approximate surface area is 133 Å². The lowest BCUT2D eigenvalue weighted by Gasteiger charge is -2.18. The topological polar surface area (TPSA) is 54.2 Å². The predicted molar refractivity (Wildman–Crippen MR) is 93.3 cm³/mol. The molecule has 2 N–H and O–H groups in total. The van der Waals surface area contributed by atoms with Gasteiger partial charge >= 0.3 is 0 Å². The zero-order valence-electron chi connectivity index (χ0n) is 14.2. The van der Waals surface area contributed by atoms with Crippen molar-refractivity contribution in [3.05, 3.63) is 17.0 Å². The fourth-order valence-electron chi connectivity index (χ4n) is 2.32. The van der Waals surface area contributed by atoms with Crippen molar-refractivity contribution in [3.8, 4) is 0 Å². The van der Waals surface area contributed by atoms with E-state index in [0.29, 0.717) is 6.04 Å². The molecule has 1 aromatic rings. The van der Waals surface area contributed by atoms with Crippen LogP contribution in [-0.2, 0) is 13.5 Å². The van der Waals surface area contributed by atoms with Gasteiger partial charge in [-0.1, -0.05) is 0 Å². The number of nitrogens with one attached hydrogen (secondary N) is 2. The lowest BCUT2D eigenvalue weighted by Crippen LogP contribution is -2.43. The first-order valence-corrected chi connectivity index (χ1v) is 8.84. The lowest BCUT2D eigenvalue weighted by atomic mass is 10.1. The molecular formula is C15H29N5S. The average molecular weight is 311 g/mol. The fraction of sp³-hybridized carbons (Fsp3) is 0.733. The molecule has 0 spiro atoms. The van der Waals surface area contributed by atoms with E-state index in [1.54, 1.807) is 0 Å². The summed E-state index contributed by atoms with van der Waals surface area (Å²) in [6, 6.07) is 0.318. The van der Waals surface area contributed by atoms with Crippen molar-refractivity contribution in [2.24, 2.45) is 12.0 Å². The summed E-state index contributed by atoms with van der Waals surface area (Å²) in [6.07, 6.45) is 4.24. The SMILES string of the molecule is CN=C(NCCCSC)NC(C)Cc1c(C)nn(C)c1C. The molecule has 1 aromatic heterocycles. The summed E-state index contributed by atoms with van der Waals surface area (Å²) in [7, 11) is 3.81. The Bertz CT molecular complexity index is 467. The number of hydrogen-bond donors (Lipinski definition) is 2. The highest BCUT2D eigenvalue weighted by Gasteiger charge is 2.13. The molecule has 0 fully saturated rings. The van der Waals surface area contributed by atoms with E-state index in [9.17, 15) is 0 Å². The molecule has 0 saturated heterocycles. The molecule has 21 heavy (non-hydrogen) atoms. The quantitative estimate of drug-likeness (QED) is 0.459. The molecule has 0 aliphatic carbocycles. The second-order valence-corrected chi connectivity index (χ2v) is 6.35. The molecule has 0 aliphatic rings. The van der Waals surface area contributed by atoms with Gasteiger partial charge in [-0.25, -0.2) is 0 Å². The molecule has 0 aliphatic heterocycles. The van der Waals surface area contributed by atoms with Gasteiger partial charge in [-0.3, -0.25) is 9.67 Å². The van der Waals surface area contributed by atoms with E-state index in [1.165, 1.54) is 17.0 Å². The van der Waals surface area contributed by atoms with Crippen LogP contribution in [0.25, 0.3) is 0 Å². The zero-order valence-corrected chi connectivity index (χ0v) is 15.0. The first-order valence-electron chi connectivity index (χ1n) is 7.44. The second-order valence-electron chi connectivity index (χ2n) is 5.37. The lowest BCUT2D eigenvalue weighted by molar-refractivity contribution is 0.634. The van der Waals surface area contributed by atoms with Crippen molar-refractivity contribution in [1.29, 1.82) is 0 Å². The Balaban J connectivity index is 2.49. The van der Waals surface area contributed by atoms with E-state index in [2.05, 4.69) is 47.8 Å². The summed E-state index contributed by atoms with van der Waals surface area (Å²) >= 11 is 1.87. The third-order valence-electron chi connectivity index (χ3n) is 3.59. The predicted octanol–water partition coefficient (Wildman–Crippen LogP) is 1.89. The zero-order chi connectivity index (χ0) is 15.8. The number of thioether (sulfide) groups is 1. The minimum atomic E-state index is 0.318. The Morgan fingerprint density at radius 3 is 2.67 bits per heavy atom. The van der Waals surface area contributed by atoms with Crippen LogP contribution >= 0.6 is 11.8 Å². The maximum Gasteiger partial charge on any atom is 0.191 e. The van der Waals surface area contributed by atoms with Crippen molar-refractivity contribution in [1.82, 2.24) is 20.4 Å². The molecule has 1 unspecified atom stereocenters. The molecule has 1 atom stereocenters. The molecule has 0 bridgehead atoms. The molecule has 6 heteroatoms. The number of nitrogens with zero attached hydrogens (tertiary/aromatic N) is 3. The Morgan fingerprint density at radius 1 is 1.43 bits per heavy atom. The summed E-state index contributed by atoms with van der Waals surface area (Å²) in [5.41, 5.74) is 3.69. The summed E-state index contributed by atoms with van der Waals surface area (Å²) in [5, 5.41) is 11.3. The van der Waals surface area contributed by atoms with E-state index in [0.717, 1.165) is 31.0 Å². The molecule has 0 aromatic carbocycles.